The molecule has 0 bridgehead atoms. The van der Waals surface area contributed by atoms with Gasteiger partial charge in [0, 0.05) is 19.1 Å². The van der Waals surface area contributed by atoms with Crippen LogP contribution < -0.4 is 4.57 Å². The summed E-state index contributed by atoms with van der Waals surface area (Å²) in [5.74, 6) is -0.0224. The standard InChI is InChI=1S/C9H9N2O/c1-8(12)9-4-2-3-6-11(9)7-5-10/h2-4,6H,7H2,1H3/q+1. The molecule has 0 unspecified atom stereocenters. The third kappa shape index (κ3) is 1.67. The molecule has 1 aromatic heterocycles. The van der Waals surface area contributed by atoms with Crippen molar-refractivity contribution in [1.82, 2.24) is 0 Å². The fourth-order valence-electron chi connectivity index (χ4n) is 1.01. The van der Waals surface area contributed by atoms with Gasteiger partial charge in [0.1, 0.15) is 6.07 Å². The highest BCUT2D eigenvalue weighted by molar-refractivity contribution is 5.90. The van der Waals surface area contributed by atoms with Crippen LogP contribution in [0.15, 0.2) is 24.4 Å². The zero-order chi connectivity index (χ0) is 8.97. The van der Waals surface area contributed by atoms with Crippen molar-refractivity contribution in [2.24, 2.45) is 0 Å². The van der Waals surface area contributed by atoms with E-state index in [-0.39, 0.29) is 12.3 Å². The summed E-state index contributed by atoms with van der Waals surface area (Å²) in [6.45, 7) is 1.71. The van der Waals surface area contributed by atoms with Gasteiger partial charge >= 0.3 is 0 Å². The van der Waals surface area contributed by atoms with E-state index in [0.29, 0.717) is 5.69 Å². The van der Waals surface area contributed by atoms with Crippen LogP contribution in [0.3, 0.4) is 0 Å². The Hall–Kier alpha value is -1.69. The molecule has 1 aromatic rings. The summed E-state index contributed by atoms with van der Waals surface area (Å²) in [7, 11) is 0. The molecule has 0 spiro atoms. The smallest absolute Gasteiger partial charge is 0.249 e. The van der Waals surface area contributed by atoms with E-state index in [4.69, 9.17) is 5.26 Å². The minimum Gasteiger partial charge on any atom is -0.288 e. The van der Waals surface area contributed by atoms with Gasteiger partial charge in [-0.15, -0.1) is 0 Å². The Bertz CT molecular complexity index is 339. The number of ketones is 1. The molecule has 3 heteroatoms. The first-order valence-corrected chi connectivity index (χ1v) is 3.62. The number of carbonyl (C=O) groups is 1. The highest BCUT2D eigenvalue weighted by atomic mass is 16.1. The lowest BCUT2D eigenvalue weighted by molar-refractivity contribution is -0.686. The monoisotopic (exact) mass is 161 g/mol. The maximum absolute atomic E-state index is 11.0. The van der Waals surface area contributed by atoms with E-state index in [1.807, 2.05) is 6.07 Å². The van der Waals surface area contributed by atoms with Gasteiger partial charge in [0.25, 0.3) is 0 Å². The summed E-state index contributed by atoms with van der Waals surface area (Å²) in [5, 5.41) is 8.44. The molecular formula is C9H9N2O+. The van der Waals surface area contributed by atoms with Crippen molar-refractivity contribution >= 4 is 5.78 Å². The van der Waals surface area contributed by atoms with E-state index in [1.54, 1.807) is 29.0 Å². The first-order chi connectivity index (χ1) is 5.75. The lowest BCUT2D eigenvalue weighted by Crippen LogP contribution is -2.38. The maximum atomic E-state index is 11.0. The van der Waals surface area contributed by atoms with Gasteiger partial charge in [0.2, 0.25) is 18.0 Å². The second-order valence-corrected chi connectivity index (χ2v) is 2.43. The fourth-order valence-corrected chi connectivity index (χ4v) is 1.01. The molecule has 0 radical (unpaired) electrons. The average Bonchev–Trinajstić information content (AvgIpc) is 2.05. The molecule has 0 atom stereocenters. The number of hydrogen-bond acceptors (Lipinski definition) is 2. The highest BCUT2D eigenvalue weighted by Gasteiger charge is 2.12. The van der Waals surface area contributed by atoms with Crippen molar-refractivity contribution in [2.75, 3.05) is 0 Å². The Kier molecular flexibility index (Phi) is 2.54. The van der Waals surface area contributed by atoms with Gasteiger partial charge in [0.15, 0.2) is 6.20 Å². The van der Waals surface area contributed by atoms with Crippen LogP contribution in [-0.4, -0.2) is 5.78 Å². The van der Waals surface area contributed by atoms with Gasteiger partial charge in [-0.25, -0.2) is 0 Å². The van der Waals surface area contributed by atoms with Gasteiger partial charge < -0.3 is 0 Å². The molecule has 0 aliphatic heterocycles. The number of pyridine rings is 1. The molecule has 0 aliphatic rings. The van der Waals surface area contributed by atoms with Crippen molar-refractivity contribution in [2.45, 2.75) is 13.5 Å². The summed E-state index contributed by atoms with van der Waals surface area (Å²) in [6.07, 6.45) is 1.72. The SMILES string of the molecule is CC(=O)c1cccc[n+]1CC#N. The van der Waals surface area contributed by atoms with Crippen molar-refractivity contribution in [3.8, 4) is 6.07 Å². The van der Waals surface area contributed by atoms with Crippen LogP contribution >= 0.6 is 0 Å². The number of nitrogens with zero attached hydrogens (tertiary/aromatic N) is 2. The summed E-state index contributed by atoms with van der Waals surface area (Å²) in [5.41, 5.74) is 0.569. The van der Waals surface area contributed by atoms with Gasteiger partial charge in [-0.1, -0.05) is 0 Å². The van der Waals surface area contributed by atoms with E-state index in [1.165, 1.54) is 6.92 Å². The first-order valence-electron chi connectivity index (χ1n) is 3.62. The van der Waals surface area contributed by atoms with Crippen LogP contribution in [0, 0.1) is 11.3 Å². The molecule has 0 amide bonds. The van der Waals surface area contributed by atoms with Crippen LogP contribution in [0.1, 0.15) is 17.4 Å². The molecular weight excluding hydrogens is 152 g/mol. The zero-order valence-electron chi connectivity index (χ0n) is 6.82. The number of hydrogen-bond donors (Lipinski definition) is 0. The van der Waals surface area contributed by atoms with Crippen LogP contribution in [0.4, 0.5) is 0 Å². The second kappa shape index (κ2) is 3.63. The van der Waals surface area contributed by atoms with Crippen molar-refractivity contribution in [3.63, 3.8) is 0 Å². The third-order valence-electron chi connectivity index (χ3n) is 1.54. The normalized spacial score (nSPS) is 9.00. The maximum Gasteiger partial charge on any atom is 0.249 e. The van der Waals surface area contributed by atoms with E-state index in [9.17, 15) is 4.79 Å². The second-order valence-electron chi connectivity index (χ2n) is 2.43. The van der Waals surface area contributed by atoms with Crippen LogP contribution in [-0.2, 0) is 6.54 Å². The minimum atomic E-state index is -0.0224. The molecule has 0 saturated carbocycles. The van der Waals surface area contributed by atoms with Gasteiger partial charge in [-0.2, -0.15) is 9.83 Å². The van der Waals surface area contributed by atoms with Crippen LogP contribution in [0.25, 0.3) is 0 Å². The quantitative estimate of drug-likeness (QED) is 0.473. The summed E-state index contributed by atoms with van der Waals surface area (Å²) in [6, 6.07) is 7.28. The Morgan fingerprint density at radius 1 is 1.67 bits per heavy atom. The first kappa shape index (κ1) is 8.41. The Morgan fingerprint density at radius 2 is 2.42 bits per heavy atom. The fraction of sp³-hybridized carbons (Fsp3) is 0.222. The van der Waals surface area contributed by atoms with Gasteiger partial charge in [0.05, 0.1) is 0 Å². The van der Waals surface area contributed by atoms with Crippen molar-refractivity contribution in [1.29, 1.82) is 5.26 Å². The van der Waals surface area contributed by atoms with Crippen molar-refractivity contribution in [3.05, 3.63) is 30.1 Å². The highest BCUT2D eigenvalue weighted by Crippen LogP contribution is 1.91. The number of carbonyl (C=O) groups excluding carboxylic acids is 1. The summed E-state index contributed by atoms with van der Waals surface area (Å²) >= 11 is 0. The zero-order valence-corrected chi connectivity index (χ0v) is 6.82. The molecule has 0 aliphatic carbocycles. The average molecular weight is 161 g/mol. The minimum absolute atomic E-state index is 0.0224. The van der Waals surface area contributed by atoms with Crippen LogP contribution in [0.2, 0.25) is 0 Å². The molecule has 60 valence electrons. The molecule has 0 saturated heterocycles. The lowest BCUT2D eigenvalue weighted by atomic mass is 10.2. The largest absolute Gasteiger partial charge is 0.288 e. The Balaban J connectivity index is 3.10. The summed E-state index contributed by atoms with van der Waals surface area (Å²) < 4.78 is 1.63. The van der Waals surface area contributed by atoms with Gasteiger partial charge in [-0.05, 0) is 6.07 Å². The molecule has 0 N–H and O–H groups in total. The lowest BCUT2D eigenvalue weighted by Gasteiger charge is -1.94. The molecule has 3 nitrogen and oxygen atoms in total. The number of aromatic nitrogens is 1. The predicted octanol–water partition coefficient (Wildman–Crippen LogP) is 0.700. The number of nitriles is 1. The van der Waals surface area contributed by atoms with E-state index in [2.05, 4.69) is 0 Å². The molecule has 0 fully saturated rings. The summed E-state index contributed by atoms with van der Waals surface area (Å²) in [4.78, 5) is 11.0. The predicted molar refractivity (Wildman–Crippen MR) is 42.3 cm³/mol. The number of Topliss-reactive ketones (excluding diaryl/α,β-unsaturated/α-hetero) is 1. The van der Waals surface area contributed by atoms with E-state index < -0.39 is 0 Å². The van der Waals surface area contributed by atoms with Crippen molar-refractivity contribution < 1.29 is 9.36 Å². The molecule has 0 aromatic carbocycles. The molecule has 1 rings (SSSR count). The third-order valence-corrected chi connectivity index (χ3v) is 1.54. The van der Waals surface area contributed by atoms with E-state index in [0.717, 1.165) is 0 Å². The molecule has 1 heterocycles. The van der Waals surface area contributed by atoms with Crippen LogP contribution in [0.5, 0.6) is 0 Å². The van der Waals surface area contributed by atoms with E-state index >= 15 is 0 Å². The molecule has 12 heavy (non-hydrogen) atoms. The Labute approximate surface area is 70.9 Å². The topological polar surface area (TPSA) is 44.7 Å². The Morgan fingerprint density at radius 3 is 3.00 bits per heavy atom. The number of rotatable bonds is 2. The van der Waals surface area contributed by atoms with Gasteiger partial charge in [-0.3, -0.25) is 4.79 Å².